The third-order valence-electron chi connectivity index (χ3n) is 1.69. The van der Waals surface area contributed by atoms with Gasteiger partial charge in [0, 0.05) is 5.41 Å². The molecule has 0 fully saturated rings. The van der Waals surface area contributed by atoms with E-state index in [4.69, 9.17) is 0 Å². The highest BCUT2D eigenvalue weighted by atomic mass is 16.1. The second kappa shape index (κ2) is 3.65. The quantitative estimate of drug-likeness (QED) is 0.566. The van der Waals surface area contributed by atoms with Gasteiger partial charge in [-0.1, -0.05) is 47.6 Å². The Labute approximate surface area is 82.2 Å². The van der Waals surface area contributed by atoms with Crippen molar-refractivity contribution in [3.05, 3.63) is 11.6 Å². The molecule has 0 spiro atoms. The van der Waals surface area contributed by atoms with Gasteiger partial charge in [-0.3, -0.25) is 4.79 Å². The van der Waals surface area contributed by atoms with Crippen molar-refractivity contribution in [2.75, 3.05) is 0 Å². The molecule has 0 radical (unpaired) electrons. The van der Waals surface area contributed by atoms with Gasteiger partial charge < -0.3 is 0 Å². The van der Waals surface area contributed by atoms with Crippen LogP contribution in [0.5, 0.6) is 0 Å². The van der Waals surface area contributed by atoms with Crippen molar-refractivity contribution in [2.45, 2.75) is 48.5 Å². The summed E-state index contributed by atoms with van der Waals surface area (Å²) in [6.07, 6.45) is 2.04. The molecule has 0 N–H and O–H groups in total. The predicted octanol–water partition coefficient (Wildman–Crippen LogP) is 3.59. The standard InChI is InChI=1S/C12H22O/c1-9(8-11(2,3)4)10(13)12(5,6)7/h8H,1-7H3/b9-8-. The number of ketones is 1. The van der Waals surface area contributed by atoms with E-state index in [2.05, 4.69) is 20.8 Å². The van der Waals surface area contributed by atoms with Gasteiger partial charge in [-0.2, -0.15) is 0 Å². The first-order valence-electron chi connectivity index (χ1n) is 4.78. The topological polar surface area (TPSA) is 17.1 Å². The van der Waals surface area contributed by atoms with E-state index in [0.29, 0.717) is 0 Å². The molecule has 13 heavy (non-hydrogen) atoms. The fraction of sp³-hybridized carbons (Fsp3) is 0.750. The molecule has 1 heteroatoms. The molecule has 0 rings (SSSR count). The highest BCUT2D eigenvalue weighted by Gasteiger charge is 2.23. The number of carbonyl (C=O) groups is 1. The minimum Gasteiger partial charge on any atom is -0.294 e. The minimum absolute atomic E-state index is 0.0883. The number of hydrogen-bond donors (Lipinski definition) is 0. The molecule has 0 bridgehead atoms. The van der Waals surface area contributed by atoms with Crippen LogP contribution in [0.3, 0.4) is 0 Å². The van der Waals surface area contributed by atoms with Crippen LogP contribution in [-0.2, 0) is 4.79 Å². The van der Waals surface area contributed by atoms with Crippen molar-refractivity contribution in [1.82, 2.24) is 0 Å². The highest BCUT2D eigenvalue weighted by Crippen LogP contribution is 2.24. The maximum atomic E-state index is 11.8. The van der Waals surface area contributed by atoms with Crippen molar-refractivity contribution in [3.63, 3.8) is 0 Å². The van der Waals surface area contributed by atoms with E-state index >= 15 is 0 Å². The summed E-state index contributed by atoms with van der Waals surface area (Å²) >= 11 is 0. The lowest BCUT2D eigenvalue weighted by molar-refractivity contribution is -0.122. The first-order valence-corrected chi connectivity index (χ1v) is 4.78. The SMILES string of the molecule is C/C(=C/C(C)(C)C)C(=O)C(C)(C)C. The van der Waals surface area contributed by atoms with Gasteiger partial charge in [0.25, 0.3) is 0 Å². The molecule has 0 heterocycles. The van der Waals surface area contributed by atoms with E-state index in [-0.39, 0.29) is 16.6 Å². The van der Waals surface area contributed by atoms with Crippen LogP contribution in [0.4, 0.5) is 0 Å². The number of Topliss-reactive ketones (excluding diaryl/α,β-unsaturated/α-hetero) is 1. The molecule has 0 aromatic rings. The van der Waals surface area contributed by atoms with Crippen LogP contribution < -0.4 is 0 Å². The van der Waals surface area contributed by atoms with Gasteiger partial charge in [0.1, 0.15) is 0 Å². The lowest BCUT2D eigenvalue weighted by Crippen LogP contribution is -2.21. The summed E-state index contributed by atoms with van der Waals surface area (Å²) in [5, 5.41) is 0. The molecule has 0 aromatic heterocycles. The second-order valence-electron chi connectivity index (χ2n) is 5.77. The molecular formula is C12H22O. The Bertz CT molecular complexity index is 220. The third kappa shape index (κ3) is 4.87. The summed E-state index contributed by atoms with van der Waals surface area (Å²) in [5.74, 6) is 0.238. The Morgan fingerprint density at radius 2 is 1.38 bits per heavy atom. The Morgan fingerprint density at radius 3 is 1.62 bits per heavy atom. The Balaban J connectivity index is 4.73. The smallest absolute Gasteiger partial charge is 0.163 e. The fourth-order valence-electron chi connectivity index (χ4n) is 1.31. The molecule has 0 aliphatic rings. The van der Waals surface area contributed by atoms with Gasteiger partial charge in [0.15, 0.2) is 5.78 Å². The average Bonchev–Trinajstić information content (AvgIpc) is 1.79. The van der Waals surface area contributed by atoms with E-state index in [1.165, 1.54) is 0 Å². The monoisotopic (exact) mass is 182 g/mol. The zero-order valence-electron chi connectivity index (χ0n) is 9.99. The highest BCUT2D eigenvalue weighted by molar-refractivity contribution is 5.98. The van der Waals surface area contributed by atoms with Crippen molar-refractivity contribution >= 4 is 5.78 Å². The summed E-state index contributed by atoms with van der Waals surface area (Å²) < 4.78 is 0. The van der Waals surface area contributed by atoms with Crippen molar-refractivity contribution in [3.8, 4) is 0 Å². The van der Waals surface area contributed by atoms with Crippen LogP contribution in [0.1, 0.15) is 48.5 Å². The number of rotatable bonds is 1. The van der Waals surface area contributed by atoms with Crippen LogP contribution in [-0.4, -0.2) is 5.78 Å². The largest absolute Gasteiger partial charge is 0.294 e. The van der Waals surface area contributed by atoms with Crippen LogP contribution in [0, 0.1) is 10.8 Å². The van der Waals surface area contributed by atoms with E-state index in [1.807, 2.05) is 33.8 Å². The van der Waals surface area contributed by atoms with E-state index in [1.54, 1.807) is 0 Å². The first kappa shape index (κ1) is 12.4. The summed E-state index contributed by atoms with van der Waals surface area (Å²) in [6, 6.07) is 0. The number of allylic oxidation sites excluding steroid dienone is 2. The Kier molecular flexibility index (Phi) is 3.48. The summed E-state index contributed by atoms with van der Waals surface area (Å²) in [7, 11) is 0. The van der Waals surface area contributed by atoms with Crippen molar-refractivity contribution in [1.29, 1.82) is 0 Å². The number of carbonyl (C=O) groups excluding carboxylic acids is 1. The van der Waals surface area contributed by atoms with Crippen molar-refractivity contribution < 1.29 is 4.79 Å². The maximum absolute atomic E-state index is 11.8. The number of hydrogen-bond acceptors (Lipinski definition) is 1. The maximum Gasteiger partial charge on any atom is 0.163 e. The molecule has 0 aliphatic heterocycles. The molecule has 0 aromatic carbocycles. The molecule has 0 saturated carbocycles. The van der Waals surface area contributed by atoms with Crippen LogP contribution in [0.25, 0.3) is 0 Å². The molecular weight excluding hydrogens is 160 g/mol. The van der Waals surface area contributed by atoms with Crippen LogP contribution in [0.2, 0.25) is 0 Å². The van der Waals surface area contributed by atoms with Gasteiger partial charge in [0.05, 0.1) is 0 Å². The Morgan fingerprint density at radius 1 is 1.00 bits per heavy atom. The van der Waals surface area contributed by atoms with Gasteiger partial charge in [-0.05, 0) is 17.9 Å². The van der Waals surface area contributed by atoms with E-state index in [0.717, 1.165) is 5.57 Å². The molecule has 76 valence electrons. The zero-order chi connectivity index (χ0) is 10.9. The van der Waals surface area contributed by atoms with Crippen LogP contribution in [0.15, 0.2) is 11.6 Å². The predicted molar refractivity (Wildman–Crippen MR) is 57.7 cm³/mol. The third-order valence-corrected chi connectivity index (χ3v) is 1.69. The average molecular weight is 182 g/mol. The molecule has 0 amide bonds. The molecule has 0 atom stereocenters. The molecule has 0 saturated heterocycles. The van der Waals surface area contributed by atoms with E-state index < -0.39 is 0 Å². The summed E-state index contributed by atoms with van der Waals surface area (Å²) in [5.41, 5.74) is 0.705. The molecule has 0 aliphatic carbocycles. The van der Waals surface area contributed by atoms with Gasteiger partial charge in [0.2, 0.25) is 0 Å². The van der Waals surface area contributed by atoms with E-state index in [9.17, 15) is 4.79 Å². The van der Waals surface area contributed by atoms with Gasteiger partial charge in [-0.25, -0.2) is 0 Å². The second-order valence-corrected chi connectivity index (χ2v) is 5.77. The fourth-order valence-corrected chi connectivity index (χ4v) is 1.31. The Hall–Kier alpha value is -0.590. The molecule has 0 unspecified atom stereocenters. The normalized spacial score (nSPS) is 14.5. The summed E-state index contributed by atoms with van der Waals surface area (Å²) in [4.78, 5) is 11.8. The minimum atomic E-state index is -0.258. The lowest BCUT2D eigenvalue weighted by Gasteiger charge is -2.20. The zero-order valence-corrected chi connectivity index (χ0v) is 9.99. The van der Waals surface area contributed by atoms with Gasteiger partial charge in [-0.15, -0.1) is 0 Å². The van der Waals surface area contributed by atoms with Crippen molar-refractivity contribution in [2.24, 2.45) is 10.8 Å². The van der Waals surface area contributed by atoms with Gasteiger partial charge >= 0.3 is 0 Å². The summed E-state index contributed by atoms with van der Waals surface area (Å²) in [6.45, 7) is 14.1. The molecule has 1 nitrogen and oxygen atoms in total. The van der Waals surface area contributed by atoms with Crippen LogP contribution >= 0.6 is 0 Å². The first-order chi connectivity index (χ1) is 5.54. The lowest BCUT2D eigenvalue weighted by atomic mass is 9.83.